The molecule has 7 nitrogen and oxygen atoms in total. The predicted octanol–water partition coefficient (Wildman–Crippen LogP) is 5.36. The van der Waals surface area contributed by atoms with Crippen LogP contribution in [-0.4, -0.2) is 39.5 Å². The molecule has 2 N–H and O–H groups in total. The van der Waals surface area contributed by atoms with E-state index in [1.807, 2.05) is 85.1 Å². The second-order valence-corrected chi connectivity index (χ2v) is 9.89. The van der Waals surface area contributed by atoms with Crippen molar-refractivity contribution in [3.63, 3.8) is 0 Å². The van der Waals surface area contributed by atoms with E-state index in [9.17, 15) is 4.79 Å². The lowest BCUT2D eigenvalue weighted by Gasteiger charge is -2.33. The topological polar surface area (TPSA) is 82.6 Å². The van der Waals surface area contributed by atoms with Gasteiger partial charge < -0.3 is 20.1 Å². The Morgan fingerprint density at radius 2 is 1.82 bits per heavy atom. The number of nitrogens with two attached hydrogens (primary N) is 1. The van der Waals surface area contributed by atoms with Gasteiger partial charge in [0.25, 0.3) is 0 Å². The Kier molecular flexibility index (Phi) is 7.10. The second-order valence-electron chi connectivity index (χ2n) is 9.89. The quantitative estimate of drug-likeness (QED) is 0.499. The normalized spacial score (nSPS) is 14.7. The van der Waals surface area contributed by atoms with Crippen molar-refractivity contribution in [1.82, 2.24) is 14.7 Å². The minimum atomic E-state index is -0.464. The maximum atomic E-state index is 12.3. The van der Waals surface area contributed by atoms with Crippen molar-refractivity contribution in [3.8, 4) is 16.9 Å². The Hall–Kier alpha value is -3.48. The van der Waals surface area contributed by atoms with Crippen LogP contribution in [0.25, 0.3) is 11.1 Å². The standard InChI is InChI=1S/C27H34N4O3/c1-27(2,3)34-26(32)30-13-11-20(12-14-30)17-31-18-23(16-29-31)22-9-10-24(28)25(15-22)33-19-21-7-5-4-6-8-21/h4-10,15-16,18,20H,11-14,17,19,28H2,1-3H3. The van der Waals surface area contributed by atoms with Gasteiger partial charge in [0.1, 0.15) is 18.0 Å². The van der Waals surface area contributed by atoms with Crippen LogP contribution in [0.2, 0.25) is 0 Å². The molecular formula is C27H34N4O3. The molecule has 180 valence electrons. The predicted molar refractivity (Wildman–Crippen MR) is 133 cm³/mol. The minimum absolute atomic E-state index is 0.221. The minimum Gasteiger partial charge on any atom is -0.487 e. The van der Waals surface area contributed by atoms with Gasteiger partial charge in [0.15, 0.2) is 0 Å². The molecule has 0 bridgehead atoms. The molecule has 3 aromatic rings. The molecule has 7 heteroatoms. The van der Waals surface area contributed by atoms with E-state index in [1.165, 1.54) is 0 Å². The number of piperidine rings is 1. The molecule has 0 spiro atoms. The number of benzene rings is 2. The third-order valence-corrected chi connectivity index (χ3v) is 5.93. The van der Waals surface area contributed by atoms with E-state index in [0.717, 1.165) is 36.1 Å². The van der Waals surface area contributed by atoms with Crippen molar-refractivity contribution in [2.24, 2.45) is 5.92 Å². The van der Waals surface area contributed by atoms with Crippen LogP contribution in [0.5, 0.6) is 5.75 Å². The summed E-state index contributed by atoms with van der Waals surface area (Å²) < 4.78 is 13.5. The fourth-order valence-electron chi connectivity index (χ4n) is 4.08. The van der Waals surface area contributed by atoms with E-state index in [4.69, 9.17) is 15.2 Å². The van der Waals surface area contributed by atoms with Crippen molar-refractivity contribution in [2.45, 2.75) is 52.4 Å². The van der Waals surface area contributed by atoms with Crippen LogP contribution in [0.15, 0.2) is 60.9 Å². The van der Waals surface area contributed by atoms with E-state index in [1.54, 1.807) is 0 Å². The molecule has 0 radical (unpaired) electrons. The van der Waals surface area contributed by atoms with Crippen molar-refractivity contribution in [1.29, 1.82) is 0 Å². The van der Waals surface area contributed by atoms with Gasteiger partial charge in [-0.05, 0) is 62.8 Å². The summed E-state index contributed by atoms with van der Waals surface area (Å²) in [6.45, 7) is 8.41. The molecule has 34 heavy (non-hydrogen) atoms. The molecule has 0 atom stereocenters. The van der Waals surface area contributed by atoms with E-state index in [2.05, 4.69) is 11.3 Å². The first-order chi connectivity index (χ1) is 16.3. The number of amides is 1. The van der Waals surface area contributed by atoms with Gasteiger partial charge >= 0.3 is 6.09 Å². The zero-order chi connectivity index (χ0) is 24.1. The molecule has 2 heterocycles. The molecule has 1 aliphatic rings. The van der Waals surface area contributed by atoms with Gasteiger partial charge in [-0.15, -0.1) is 0 Å². The summed E-state index contributed by atoms with van der Waals surface area (Å²) in [5.74, 6) is 1.14. The number of carbonyl (C=O) groups excluding carboxylic acids is 1. The van der Waals surface area contributed by atoms with E-state index in [-0.39, 0.29) is 6.09 Å². The average molecular weight is 463 g/mol. The van der Waals surface area contributed by atoms with Crippen LogP contribution in [0, 0.1) is 5.92 Å². The van der Waals surface area contributed by atoms with E-state index < -0.39 is 5.60 Å². The molecule has 1 fully saturated rings. The van der Waals surface area contributed by atoms with Crippen molar-refractivity contribution in [2.75, 3.05) is 18.8 Å². The number of carbonyl (C=O) groups is 1. The van der Waals surface area contributed by atoms with Crippen molar-refractivity contribution >= 4 is 11.8 Å². The highest BCUT2D eigenvalue weighted by Crippen LogP contribution is 2.30. The third kappa shape index (κ3) is 6.31. The zero-order valence-corrected chi connectivity index (χ0v) is 20.2. The van der Waals surface area contributed by atoms with Crippen LogP contribution < -0.4 is 10.5 Å². The Bertz CT molecular complexity index is 1100. The van der Waals surface area contributed by atoms with Crippen LogP contribution in [0.3, 0.4) is 0 Å². The number of ether oxygens (including phenoxy) is 2. The molecule has 1 saturated heterocycles. The van der Waals surface area contributed by atoms with Gasteiger partial charge in [0, 0.05) is 31.4 Å². The highest BCUT2D eigenvalue weighted by atomic mass is 16.6. The molecule has 2 aromatic carbocycles. The van der Waals surface area contributed by atoms with Crippen LogP contribution in [-0.2, 0) is 17.9 Å². The fourth-order valence-corrected chi connectivity index (χ4v) is 4.08. The third-order valence-electron chi connectivity index (χ3n) is 5.93. The Labute approximate surface area is 201 Å². The Balaban J connectivity index is 1.33. The number of hydrogen-bond acceptors (Lipinski definition) is 5. The number of nitrogen functional groups attached to an aromatic ring is 1. The second kappa shape index (κ2) is 10.2. The molecule has 1 amide bonds. The number of aromatic nitrogens is 2. The van der Waals surface area contributed by atoms with E-state index >= 15 is 0 Å². The van der Waals surface area contributed by atoms with Crippen LogP contribution in [0.1, 0.15) is 39.2 Å². The fraction of sp³-hybridized carbons (Fsp3) is 0.407. The number of nitrogens with zero attached hydrogens (tertiary/aromatic N) is 3. The number of likely N-dealkylation sites (tertiary alicyclic amines) is 1. The number of hydrogen-bond donors (Lipinski definition) is 1. The first-order valence-corrected chi connectivity index (χ1v) is 11.8. The monoisotopic (exact) mass is 462 g/mol. The molecule has 0 saturated carbocycles. The van der Waals surface area contributed by atoms with Crippen molar-refractivity contribution < 1.29 is 14.3 Å². The van der Waals surface area contributed by atoms with Crippen molar-refractivity contribution in [3.05, 3.63) is 66.5 Å². The first kappa shape index (κ1) is 23.7. The van der Waals surface area contributed by atoms with E-state index in [0.29, 0.717) is 37.1 Å². The largest absolute Gasteiger partial charge is 0.487 e. The van der Waals surface area contributed by atoms with Crippen LogP contribution in [0.4, 0.5) is 10.5 Å². The van der Waals surface area contributed by atoms with Gasteiger partial charge in [0.2, 0.25) is 0 Å². The summed E-state index contributed by atoms with van der Waals surface area (Å²) in [6, 6.07) is 15.9. The lowest BCUT2D eigenvalue weighted by atomic mass is 9.97. The summed E-state index contributed by atoms with van der Waals surface area (Å²) in [6.07, 6.45) is 5.59. The molecule has 4 rings (SSSR count). The van der Waals surface area contributed by atoms with Gasteiger partial charge in [-0.2, -0.15) is 5.10 Å². The maximum absolute atomic E-state index is 12.3. The lowest BCUT2D eigenvalue weighted by Crippen LogP contribution is -2.42. The lowest BCUT2D eigenvalue weighted by molar-refractivity contribution is 0.0177. The molecule has 1 aromatic heterocycles. The highest BCUT2D eigenvalue weighted by Gasteiger charge is 2.27. The summed E-state index contributed by atoms with van der Waals surface area (Å²) in [5, 5.41) is 4.57. The zero-order valence-electron chi connectivity index (χ0n) is 20.2. The molecule has 0 aliphatic carbocycles. The Morgan fingerprint density at radius 3 is 2.53 bits per heavy atom. The van der Waals surface area contributed by atoms with Crippen LogP contribution >= 0.6 is 0 Å². The summed E-state index contributed by atoms with van der Waals surface area (Å²) in [7, 11) is 0. The molecular weight excluding hydrogens is 428 g/mol. The smallest absolute Gasteiger partial charge is 0.410 e. The van der Waals surface area contributed by atoms with Gasteiger partial charge in [0.05, 0.1) is 11.9 Å². The molecule has 1 aliphatic heterocycles. The summed E-state index contributed by atoms with van der Waals surface area (Å²) >= 11 is 0. The maximum Gasteiger partial charge on any atom is 0.410 e. The average Bonchev–Trinajstić information content (AvgIpc) is 3.27. The first-order valence-electron chi connectivity index (χ1n) is 11.8. The van der Waals surface area contributed by atoms with Gasteiger partial charge in [-0.3, -0.25) is 4.68 Å². The highest BCUT2D eigenvalue weighted by molar-refractivity contribution is 5.69. The number of rotatable bonds is 6. The molecule has 0 unspecified atom stereocenters. The SMILES string of the molecule is CC(C)(C)OC(=O)N1CCC(Cn2cc(-c3ccc(N)c(OCc4ccccc4)c3)cn2)CC1. The summed E-state index contributed by atoms with van der Waals surface area (Å²) in [4.78, 5) is 14.1. The number of anilines is 1. The van der Waals surface area contributed by atoms with Gasteiger partial charge in [-0.25, -0.2) is 4.79 Å². The van der Waals surface area contributed by atoms with Gasteiger partial charge in [-0.1, -0.05) is 36.4 Å². The Morgan fingerprint density at radius 1 is 1.09 bits per heavy atom. The summed E-state index contributed by atoms with van der Waals surface area (Å²) in [5.41, 5.74) is 9.43.